The van der Waals surface area contributed by atoms with Gasteiger partial charge in [-0.05, 0) is 58.5 Å². The standard InChI is InChI=1S/C24H28N6OS/c1-4-5-8-23-25-15-20(30(23)16-18-9-10-22(31-3)17(2)12-18)13-19(24-26-28-29-27-24)14-21-7-6-11-32-21/h6-7,9-13,15H,4-5,8,14,16H2,1-3H3,(H,26,27,28,29)/b19-13+. The second-order valence-corrected chi connectivity index (χ2v) is 8.80. The van der Waals surface area contributed by atoms with Gasteiger partial charge in [0.15, 0.2) is 5.82 Å². The van der Waals surface area contributed by atoms with Gasteiger partial charge in [-0.15, -0.1) is 16.4 Å². The molecular weight excluding hydrogens is 420 g/mol. The lowest BCUT2D eigenvalue weighted by Crippen LogP contribution is -2.08. The molecule has 3 heterocycles. The number of hydrogen-bond donors (Lipinski definition) is 1. The number of nitrogens with zero attached hydrogens (tertiary/aromatic N) is 5. The van der Waals surface area contributed by atoms with E-state index < -0.39 is 0 Å². The molecule has 7 nitrogen and oxygen atoms in total. The average Bonchev–Trinajstić information content (AvgIpc) is 3.56. The topological polar surface area (TPSA) is 81.5 Å². The molecule has 0 aliphatic carbocycles. The summed E-state index contributed by atoms with van der Waals surface area (Å²) in [6.07, 6.45) is 8.05. The van der Waals surface area contributed by atoms with E-state index in [4.69, 9.17) is 9.72 Å². The van der Waals surface area contributed by atoms with Crippen LogP contribution in [-0.4, -0.2) is 37.3 Å². The Labute approximate surface area is 192 Å². The minimum absolute atomic E-state index is 0.682. The van der Waals surface area contributed by atoms with Crippen LogP contribution in [0.2, 0.25) is 0 Å². The van der Waals surface area contributed by atoms with Crippen LogP contribution in [0.1, 0.15) is 53.1 Å². The maximum Gasteiger partial charge on any atom is 0.175 e. The maximum atomic E-state index is 5.43. The highest BCUT2D eigenvalue weighted by molar-refractivity contribution is 7.10. The van der Waals surface area contributed by atoms with Crippen molar-refractivity contribution in [1.82, 2.24) is 30.2 Å². The van der Waals surface area contributed by atoms with E-state index in [1.807, 2.05) is 12.3 Å². The fraction of sp³-hybridized carbons (Fsp3) is 0.333. The Balaban J connectivity index is 1.72. The Kier molecular flexibility index (Phi) is 7.11. The SMILES string of the molecule is CCCCc1ncc(/C=C(\Cc2cccs2)c2nnn[nH]2)n1Cc1ccc(OC)c(C)c1. The number of tetrazole rings is 1. The van der Waals surface area contributed by atoms with E-state index in [-0.39, 0.29) is 0 Å². The molecule has 4 aromatic rings. The molecule has 0 aliphatic rings. The molecule has 0 unspecified atom stereocenters. The van der Waals surface area contributed by atoms with E-state index in [9.17, 15) is 0 Å². The predicted molar refractivity (Wildman–Crippen MR) is 128 cm³/mol. The molecule has 32 heavy (non-hydrogen) atoms. The van der Waals surface area contributed by atoms with Crippen LogP contribution in [0.3, 0.4) is 0 Å². The number of allylic oxidation sites excluding steroid dienone is 1. The number of rotatable bonds is 10. The van der Waals surface area contributed by atoms with E-state index >= 15 is 0 Å². The number of aromatic amines is 1. The van der Waals surface area contributed by atoms with Gasteiger partial charge >= 0.3 is 0 Å². The van der Waals surface area contributed by atoms with E-state index in [1.54, 1.807) is 18.4 Å². The van der Waals surface area contributed by atoms with Gasteiger partial charge in [0, 0.05) is 29.8 Å². The van der Waals surface area contributed by atoms with Crippen molar-refractivity contribution >= 4 is 23.0 Å². The number of aryl methyl sites for hydroxylation is 2. The molecule has 0 saturated heterocycles. The molecule has 8 heteroatoms. The minimum Gasteiger partial charge on any atom is -0.496 e. The number of hydrogen-bond acceptors (Lipinski definition) is 6. The number of benzene rings is 1. The number of ether oxygens (including phenoxy) is 1. The molecular formula is C24H28N6OS. The third-order valence-electron chi connectivity index (χ3n) is 5.44. The van der Waals surface area contributed by atoms with Gasteiger partial charge < -0.3 is 9.30 Å². The Morgan fingerprint density at radius 2 is 2.19 bits per heavy atom. The summed E-state index contributed by atoms with van der Waals surface area (Å²) < 4.78 is 7.73. The normalized spacial score (nSPS) is 11.8. The monoisotopic (exact) mass is 448 g/mol. The molecule has 3 aromatic heterocycles. The maximum absolute atomic E-state index is 5.43. The summed E-state index contributed by atoms with van der Waals surface area (Å²) in [5, 5.41) is 16.7. The van der Waals surface area contributed by atoms with Crippen LogP contribution in [0.4, 0.5) is 0 Å². The quantitative estimate of drug-likeness (QED) is 0.371. The smallest absolute Gasteiger partial charge is 0.175 e. The number of methoxy groups -OCH3 is 1. The first-order valence-corrected chi connectivity index (χ1v) is 11.7. The summed E-state index contributed by atoms with van der Waals surface area (Å²) >= 11 is 1.73. The molecule has 0 saturated carbocycles. The van der Waals surface area contributed by atoms with Crippen LogP contribution < -0.4 is 4.74 Å². The molecule has 0 radical (unpaired) electrons. The summed E-state index contributed by atoms with van der Waals surface area (Å²) in [5.74, 6) is 2.68. The van der Waals surface area contributed by atoms with Crippen molar-refractivity contribution < 1.29 is 4.74 Å². The van der Waals surface area contributed by atoms with E-state index in [2.05, 4.69) is 74.8 Å². The summed E-state index contributed by atoms with van der Waals surface area (Å²) in [4.78, 5) is 6.03. The van der Waals surface area contributed by atoms with Gasteiger partial charge in [0.25, 0.3) is 0 Å². The van der Waals surface area contributed by atoms with Crippen molar-refractivity contribution in [3.8, 4) is 5.75 Å². The zero-order valence-electron chi connectivity index (χ0n) is 18.7. The van der Waals surface area contributed by atoms with E-state index in [1.165, 1.54) is 10.4 Å². The van der Waals surface area contributed by atoms with Gasteiger partial charge in [-0.25, -0.2) is 10.1 Å². The Morgan fingerprint density at radius 3 is 2.88 bits per heavy atom. The minimum atomic E-state index is 0.682. The third-order valence-corrected chi connectivity index (χ3v) is 6.32. The first-order chi connectivity index (χ1) is 15.7. The molecule has 0 spiro atoms. The average molecular weight is 449 g/mol. The fourth-order valence-corrected chi connectivity index (χ4v) is 4.49. The zero-order valence-corrected chi connectivity index (χ0v) is 19.5. The fourth-order valence-electron chi connectivity index (χ4n) is 3.76. The second-order valence-electron chi connectivity index (χ2n) is 7.77. The van der Waals surface area contributed by atoms with Crippen molar-refractivity contribution in [1.29, 1.82) is 0 Å². The molecule has 0 fully saturated rings. The lowest BCUT2D eigenvalue weighted by molar-refractivity contribution is 0.411. The van der Waals surface area contributed by atoms with Crippen LogP contribution in [0.25, 0.3) is 11.6 Å². The number of aromatic nitrogens is 6. The first-order valence-electron chi connectivity index (χ1n) is 10.8. The number of nitrogens with one attached hydrogen (secondary N) is 1. The molecule has 0 aliphatic heterocycles. The lowest BCUT2D eigenvalue weighted by atomic mass is 10.1. The van der Waals surface area contributed by atoms with Crippen LogP contribution >= 0.6 is 11.3 Å². The van der Waals surface area contributed by atoms with E-state index in [0.717, 1.165) is 60.6 Å². The van der Waals surface area contributed by atoms with Crippen LogP contribution in [0.15, 0.2) is 41.9 Å². The van der Waals surface area contributed by atoms with Crippen molar-refractivity contribution in [3.05, 3.63) is 75.3 Å². The largest absolute Gasteiger partial charge is 0.496 e. The van der Waals surface area contributed by atoms with Crippen LogP contribution in [0, 0.1) is 6.92 Å². The highest BCUT2D eigenvalue weighted by Gasteiger charge is 2.14. The van der Waals surface area contributed by atoms with Gasteiger partial charge in [0.1, 0.15) is 11.6 Å². The molecule has 1 N–H and O–H groups in total. The summed E-state index contributed by atoms with van der Waals surface area (Å²) in [6, 6.07) is 10.5. The third kappa shape index (κ3) is 5.13. The van der Waals surface area contributed by atoms with Gasteiger partial charge in [-0.1, -0.05) is 31.5 Å². The number of imidazole rings is 1. The second kappa shape index (κ2) is 10.4. The first kappa shape index (κ1) is 22.0. The summed E-state index contributed by atoms with van der Waals surface area (Å²) in [7, 11) is 1.71. The Hall–Kier alpha value is -3.26. The van der Waals surface area contributed by atoms with Crippen molar-refractivity contribution in [3.63, 3.8) is 0 Å². The molecule has 0 bridgehead atoms. The highest BCUT2D eigenvalue weighted by Crippen LogP contribution is 2.25. The number of unbranched alkanes of at least 4 members (excludes halogenated alkanes) is 1. The lowest BCUT2D eigenvalue weighted by Gasteiger charge is -2.13. The summed E-state index contributed by atoms with van der Waals surface area (Å²) in [5.41, 5.74) is 4.43. The molecule has 4 rings (SSSR count). The van der Waals surface area contributed by atoms with Crippen molar-refractivity contribution in [2.75, 3.05) is 7.11 Å². The van der Waals surface area contributed by atoms with Gasteiger partial charge in [-0.3, -0.25) is 0 Å². The predicted octanol–water partition coefficient (Wildman–Crippen LogP) is 4.95. The van der Waals surface area contributed by atoms with Gasteiger partial charge in [0.2, 0.25) is 0 Å². The molecule has 166 valence electrons. The Bertz CT molecular complexity index is 1160. The summed E-state index contributed by atoms with van der Waals surface area (Å²) in [6.45, 7) is 5.03. The molecule has 1 aromatic carbocycles. The van der Waals surface area contributed by atoms with E-state index in [0.29, 0.717) is 5.82 Å². The molecule has 0 amide bonds. The van der Waals surface area contributed by atoms with Crippen LogP contribution in [0.5, 0.6) is 5.75 Å². The van der Waals surface area contributed by atoms with Gasteiger partial charge in [0.05, 0.1) is 19.0 Å². The number of thiophene rings is 1. The van der Waals surface area contributed by atoms with Crippen molar-refractivity contribution in [2.45, 2.75) is 46.1 Å². The van der Waals surface area contributed by atoms with Gasteiger partial charge in [-0.2, -0.15) is 0 Å². The molecule has 0 atom stereocenters. The Morgan fingerprint density at radius 1 is 1.28 bits per heavy atom. The van der Waals surface area contributed by atoms with Crippen LogP contribution in [-0.2, 0) is 19.4 Å². The zero-order chi connectivity index (χ0) is 22.3. The number of H-pyrrole nitrogens is 1. The van der Waals surface area contributed by atoms with Crippen molar-refractivity contribution in [2.24, 2.45) is 0 Å². The highest BCUT2D eigenvalue weighted by atomic mass is 32.1.